The summed E-state index contributed by atoms with van der Waals surface area (Å²) in [6, 6.07) is 79.1. The molecule has 0 saturated carbocycles. The number of benzene rings is 11. The van der Waals surface area contributed by atoms with Crippen molar-refractivity contribution in [2.75, 3.05) is 9.80 Å². The lowest BCUT2D eigenvalue weighted by molar-refractivity contribution is 0.660. The van der Waals surface area contributed by atoms with Crippen LogP contribution < -0.4 is 9.80 Å². The standard InChI is InChI=1S/C71H51N3/c1-70(2)59-30-15-10-26-52(59)55-40-37-48(43-62(55)70)74(66-34-19-13-25-51(66)46-21-6-4-7-22-46)50-39-42-57-54-28-12-17-32-61(54)71(64(57)45-50)60-31-16-11-27-53(60)56-41-38-49(44-63(56)71)73(47-23-8-5-9-24-47)68-36-20-35-67-69(68)58-29-14-18-33-65(58)72(67)3/h4-45H,1-3H3/i4D,6D,7D,21D,22D. The second-order valence-corrected chi connectivity index (χ2v) is 20.5. The van der Waals surface area contributed by atoms with Gasteiger partial charge in [-0.3, -0.25) is 0 Å². The minimum Gasteiger partial charge on any atom is -0.344 e. The Balaban J connectivity index is 1.00. The van der Waals surface area contributed by atoms with Gasteiger partial charge in [-0.25, -0.2) is 0 Å². The van der Waals surface area contributed by atoms with E-state index in [2.05, 4.69) is 235 Å². The zero-order valence-electron chi connectivity index (χ0n) is 46.2. The molecule has 0 N–H and O–H groups in total. The molecular weight excluding hydrogens is 895 g/mol. The summed E-state index contributed by atoms with van der Waals surface area (Å²) in [5.74, 6) is 0. The van der Waals surface area contributed by atoms with Gasteiger partial charge in [0, 0.05) is 57.1 Å². The predicted molar refractivity (Wildman–Crippen MR) is 309 cm³/mol. The largest absolute Gasteiger partial charge is 0.344 e. The molecule has 0 aliphatic heterocycles. The van der Waals surface area contributed by atoms with Crippen LogP contribution in [-0.2, 0) is 17.9 Å². The molecule has 74 heavy (non-hydrogen) atoms. The van der Waals surface area contributed by atoms with Gasteiger partial charge in [-0.1, -0.05) is 196 Å². The Hall–Kier alpha value is -9.18. The minimum atomic E-state index is -0.767. The van der Waals surface area contributed by atoms with Crippen molar-refractivity contribution < 1.29 is 6.85 Å². The molecule has 350 valence electrons. The maximum Gasteiger partial charge on any atom is 0.0727 e. The fourth-order valence-electron chi connectivity index (χ4n) is 13.3. The average Bonchev–Trinajstić information content (AvgIpc) is 2.92. The lowest BCUT2D eigenvalue weighted by Gasteiger charge is -2.34. The molecule has 12 aromatic rings. The first kappa shape index (κ1) is 37.6. The number of fused-ring (bicyclic) bond motifs is 16. The molecule has 11 aromatic carbocycles. The van der Waals surface area contributed by atoms with E-state index in [1.807, 2.05) is 24.3 Å². The third kappa shape index (κ3) is 5.84. The summed E-state index contributed by atoms with van der Waals surface area (Å²) in [6.45, 7) is 4.57. The van der Waals surface area contributed by atoms with E-state index in [0.29, 0.717) is 11.3 Å². The molecule has 1 atom stereocenters. The first-order valence-corrected chi connectivity index (χ1v) is 25.5. The van der Waals surface area contributed by atoms with E-state index in [4.69, 9.17) is 4.11 Å². The third-order valence-electron chi connectivity index (χ3n) is 16.5. The summed E-state index contributed by atoms with van der Waals surface area (Å²) >= 11 is 0. The van der Waals surface area contributed by atoms with Gasteiger partial charge in [0.1, 0.15) is 0 Å². The van der Waals surface area contributed by atoms with Crippen molar-refractivity contribution in [2.24, 2.45) is 7.05 Å². The minimum absolute atomic E-state index is 0.152. The van der Waals surface area contributed by atoms with Crippen LogP contribution >= 0.6 is 0 Å². The maximum absolute atomic E-state index is 9.31. The zero-order chi connectivity index (χ0) is 53.6. The Morgan fingerprint density at radius 2 is 0.824 bits per heavy atom. The average molecular weight is 951 g/mol. The van der Waals surface area contributed by atoms with E-state index in [0.717, 1.165) is 45.1 Å². The number of aromatic nitrogens is 1. The van der Waals surface area contributed by atoms with E-state index >= 15 is 0 Å². The Bertz CT molecular complexity index is 4530. The monoisotopic (exact) mass is 950 g/mol. The van der Waals surface area contributed by atoms with Gasteiger partial charge in [0.15, 0.2) is 0 Å². The SMILES string of the molecule is [2H]c1c([2H])c([2H])c(-c2ccccc2N(c2ccc3c(c2)C(C)(C)c2ccccc2-3)c2ccc3c(c2)C2(c4ccccc4-3)c3ccccc3-c3ccc(N(c4ccccc4)c4cccc5c4c4ccccc4n5C)cc32)c([2H])c1[2H]. The van der Waals surface area contributed by atoms with E-state index in [-0.39, 0.29) is 35.1 Å². The van der Waals surface area contributed by atoms with Gasteiger partial charge in [-0.2, -0.15) is 0 Å². The van der Waals surface area contributed by atoms with Crippen molar-refractivity contribution in [3.8, 4) is 44.5 Å². The predicted octanol–water partition coefficient (Wildman–Crippen LogP) is 18.6. The van der Waals surface area contributed by atoms with E-state index in [9.17, 15) is 2.74 Å². The summed E-state index contributed by atoms with van der Waals surface area (Å²) in [5, 5.41) is 2.38. The van der Waals surface area contributed by atoms with Crippen LogP contribution in [0.4, 0.5) is 34.1 Å². The smallest absolute Gasteiger partial charge is 0.0727 e. The Morgan fingerprint density at radius 1 is 0.365 bits per heavy atom. The first-order valence-electron chi connectivity index (χ1n) is 28.0. The molecule has 3 nitrogen and oxygen atoms in total. The van der Waals surface area contributed by atoms with Gasteiger partial charge in [-0.05, 0) is 145 Å². The molecule has 0 radical (unpaired) electrons. The highest BCUT2D eigenvalue weighted by Crippen LogP contribution is 2.64. The molecule has 1 unspecified atom stereocenters. The Kier molecular flexibility index (Phi) is 8.08. The number of rotatable bonds is 7. The fourth-order valence-corrected chi connectivity index (χ4v) is 13.3. The summed E-state index contributed by atoms with van der Waals surface area (Å²) < 4.78 is 47.1. The Labute approximate surface area is 439 Å². The van der Waals surface area contributed by atoms with Crippen LogP contribution in [0.5, 0.6) is 0 Å². The highest BCUT2D eigenvalue weighted by atomic mass is 15.2. The lowest BCUT2D eigenvalue weighted by atomic mass is 9.70. The molecule has 1 spiro atoms. The lowest BCUT2D eigenvalue weighted by Crippen LogP contribution is -2.26. The van der Waals surface area contributed by atoms with Crippen molar-refractivity contribution in [1.29, 1.82) is 0 Å². The first-order chi connectivity index (χ1) is 38.5. The normalized spacial score (nSPS) is 16.1. The van der Waals surface area contributed by atoms with Gasteiger partial charge in [0.2, 0.25) is 0 Å². The summed E-state index contributed by atoms with van der Waals surface area (Å²) in [4.78, 5) is 4.67. The van der Waals surface area contributed by atoms with Gasteiger partial charge >= 0.3 is 0 Å². The molecule has 0 amide bonds. The fraction of sp³-hybridized carbons (Fsp3) is 0.0704. The van der Waals surface area contributed by atoms with E-state index in [1.54, 1.807) is 0 Å². The second-order valence-electron chi connectivity index (χ2n) is 20.5. The maximum atomic E-state index is 9.31. The van der Waals surface area contributed by atoms with Crippen LogP contribution in [-0.4, -0.2) is 4.57 Å². The van der Waals surface area contributed by atoms with Crippen molar-refractivity contribution in [2.45, 2.75) is 24.7 Å². The second kappa shape index (κ2) is 15.9. The summed E-state index contributed by atoms with van der Waals surface area (Å²) in [7, 11) is 2.15. The topological polar surface area (TPSA) is 11.4 Å². The molecule has 3 aliphatic carbocycles. The Morgan fingerprint density at radius 3 is 1.47 bits per heavy atom. The van der Waals surface area contributed by atoms with Gasteiger partial charge < -0.3 is 14.4 Å². The van der Waals surface area contributed by atoms with Crippen LogP contribution in [0.3, 0.4) is 0 Å². The number of anilines is 6. The molecule has 3 aliphatic rings. The van der Waals surface area contributed by atoms with Gasteiger partial charge in [-0.15, -0.1) is 0 Å². The van der Waals surface area contributed by atoms with E-state index in [1.165, 1.54) is 71.9 Å². The van der Waals surface area contributed by atoms with Gasteiger partial charge in [0.05, 0.1) is 29.2 Å². The van der Waals surface area contributed by atoms with Crippen LogP contribution in [0.25, 0.3) is 66.3 Å². The van der Waals surface area contributed by atoms with Crippen LogP contribution in [0.2, 0.25) is 0 Å². The van der Waals surface area contributed by atoms with Crippen LogP contribution in [0.15, 0.2) is 255 Å². The molecule has 15 rings (SSSR count). The molecule has 1 aromatic heterocycles. The van der Waals surface area contributed by atoms with E-state index < -0.39 is 11.5 Å². The van der Waals surface area contributed by atoms with Crippen LogP contribution in [0, 0.1) is 0 Å². The quantitative estimate of drug-likeness (QED) is 0.158. The molecule has 0 bridgehead atoms. The summed E-state index contributed by atoms with van der Waals surface area (Å²) in [5.41, 5.74) is 21.8. The van der Waals surface area contributed by atoms with Crippen molar-refractivity contribution >= 4 is 55.9 Å². The highest BCUT2D eigenvalue weighted by Gasteiger charge is 2.52. The van der Waals surface area contributed by atoms with Crippen molar-refractivity contribution in [1.82, 2.24) is 4.57 Å². The van der Waals surface area contributed by atoms with Crippen molar-refractivity contribution in [3.63, 3.8) is 0 Å². The third-order valence-corrected chi connectivity index (χ3v) is 16.5. The number of nitrogens with zero attached hydrogens (tertiary/aromatic N) is 3. The van der Waals surface area contributed by atoms with Gasteiger partial charge in [0.25, 0.3) is 0 Å². The zero-order valence-corrected chi connectivity index (χ0v) is 41.2. The molecule has 0 saturated heterocycles. The van der Waals surface area contributed by atoms with Crippen molar-refractivity contribution in [3.05, 3.63) is 288 Å². The highest BCUT2D eigenvalue weighted by molar-refractivity contribution is 6.16. The number of hydrogen-bond donors (Lipinski definition) is 0. The number of hydrogen-bond acceptors (Lipinski definition) is 2. The summed E-state index contributed by atoms with van der Waals surface area (Å²) in [6.07, 6.45) is 0. The number of para-hydroxylation sites is 3. The molecular formula is C71H51N3. The number of aryl methyl sites for hydroxylation is 1. The van der Waals surface area contributed by atoms with Crippen LogP contribution in [0.1, 0.15) is 54.1 Å². The molecule has 1 heterocycles. The molecule has 0 fully saturated rings. The molecule has 3 heteroatoms.